The lowest BCUT2D eigenvalue weighted by atomic mass is 10.1. The third-order valence-corrected chi connectivity index (χ3v) is 3.15. The number of carbonyl (C=O) groups is 2. The Morgan fingerprint density at radius 2 is 1.93 bits per heavy atom. The molecule has 1 saturated heterocycles. The van der Waals surface area contributed by atoms with Gasteiger partial charge < -0.3 is 4.90 Å². The number of carbonyl (C=O) groups excluding carboxylic acids is 2. The highest BCUT2D eigenvalue weighted by Crippen LogP contribution is 2.62. The molecule has 1 saturated carbocycles. The summed E-state index contributed by atoms with van der Waals surface area (Å²) in [4.78, 5) is 23.5. The minimum atomic E-state index is -2.73. The number of rotatable bonds is 1. The molecule has 0 aromatic carbocycles. The molecule has 0 aromatic heterocycles. The summed E-state index contributed by atoms with van der Waals surface area (Å²) in [5, 5.41) is 0. The number of nitrogens with zero attached hydrogens (tertiary/aromatic N) is 1. The smallest absolute Gasteiger partial charge is 0.258 e. The zero-order chi connectivity index (χ0) is 10.7. The summed E-state index contributed by atoms with van der Waals surface area (Å²) in [6.07, 6.45) is 0. The van der Waals surface area contributed by atoms with Gasteiger partial charge in [0, 0.05) is 13.5 Å². The van der Waals surface area contributed by atoms with Crippen LogP contribution in [0.5, 0.6) is 0 Å². The molecule has 0 aromatic rings. The normalized spacial score (nSPS) is 38.0. The van der Waals surface area contributed by atoms with E-state index >= 15 is 0 Å². The van der Waals surface area contributed by atoms with Crippen LogP contribution in [0.1, 0.15) is 13.8 Å². The third-order valence-electron chi connectivity index (χ3n) is 3.15. The van der Waals surface area contributed by atoms with Crippen LogP contribution in [0.3, 0.4) is 0 Å². The zero-order valence-corrected chi connectivity index (χ0v) is 7.96. The van der Waals surface area contributed by atoms with E-state index in [1.165, 1.54) is 18.7 Å². The fourth-order valence-electron chi connectivity index (χ4n) is 2.40. The van der Waals surface area contributed by atoms with Gasteiger partial charge in [-0.25, -0.2) is 8.78 Å². The topological polar surface area (TPSA) is 37.4 Å². The molecule has 0 N–H and O–H groups in total. The van der Waals surface area contributed by atoms with Crippen molar-refractivity contribution in [1.82, 2.24) is 4.90 Å². The first-order chi connectivity index (χ1) is 6.37. The van der Waals surface area contributed by atoms with E-state index in [-0.39, 0.29) is 18.2 Å². The Kier molecular flexibility index (Phi) is 1.72. The van der Waals surface area contributed by atoms with Crippen LogP contribution in [0.15, 0.2) is 0 Å². The maximum atomic E-state index is 13.0. The van der Waals surface area contributed by atoms with Gasteiger partial charge in [0.25, 0.3) is 5.92 Å². The maximum absolute atomic E-state index is 13.0. The summed E-state index contributed by atoms with van der Waals surface area (Å²) in [7, 11) is 0. The Balaban J connectivity index is 2.23. The number of Topliss-reactive ketones (excluding diaryl/α,β-unsaturated/α-hetero) is 1. The van der Waals surface area contributed by atoms with E-state index in [0.717, 1.165) is 0 Å². The van der Waals surface area contributed by atoms with Gasteiger partial charge in [-0.05, 0) is 6.92 Å². The molecule has 3 nitrogen and oxygen atoms in total. The van der Waals surface area contributed by atoms with Crippen molar-refractivity contribution in [1.29, 1.82) is 0 Å². The average molecular weight is 203 g/mol. The van der Waals surface area contributed by atoms with Gasteiger partial charge in [0.15, 0.2) is 5.78 Å². The van der Waals surface area contributed by atoms with Crippen LogP contribution in [0.2, 0.25) is 0 Å². The molecule has 1 aliphatic carbocycles. The summed E-state index contributed by atoms with van der Waals surface area (Å²) < 4.78 is 26.0. The van der Waals surface area contributed by atoms with Gasteiger partial charge in [-0.1, -0.05) is 0 Å². The largest absolute Gasteiger partial charge is 0.332 e. The molecular formula is C9H11F2NO2. The zero-order valence-electron chi connectivity index (χ0n) is 7.96. The Bertz CT molecular complexity index is 316. The predicted molar refractivity (Wildman–Crippen MR) is 43.8 cm³/mol. The molecule has 2 fully saturated rings. The molecule has 0 bridgehead atoms. The second kappa shape index (κ2) is 2.52. The lowest BCUT2D eigenvalue weighted by Gasteiger charge is -2.25. The van der Waals surface area contributed by atoms with Gasteiger partial charge in [-0.15, -0.1) is 0 Å². The van der Waals surface area contributed by atoms with E-state index in [0.29, 0.717) is 0 Å². The first-order valence-electron chi connectivity index (χ1n) is 4.53. The highest BCUT2D eigenvalue weighted by molar-refractivity contribution is 5.88. The molecule has 0 radical (unpaired) electrons. The van der Waals surface area contributed by atoms with Crippen molar-refractivity contribution >= 4 is 11.7 Å². The number of halogens is 2. The molecule has 78 valence electrons. The minimum absolute atomic E-state index is 0.0250. The number of hydrogen-bond acceptors (Lipinski definition) is 2. The molecule has 1 aliphatic heterocycles. The highest BCUT2D eigenvalue weighted by atomic mass is 19.3. The van der Waals surface area contributed by atoms with Crippen molar-refractivity contribution in [3.05, 3.63) is 0 Å². The third kappa shape index (κ3) is 1.01. The standard InChI is InChI=1S/C9H11F2NO2/c1-4(13)8-7-6(9(7,10)11)3-12(8)5(2)14/h6-8H,3H2,1-2H3/t6-,7-,8?/m1/s1. The van der Waals surface area contributed by atoms with Crippen molar-refractivity contribution in [3.63, 3.8) is 0 Å². The Morgan fingerprint density at radius 3 is 2.36 bits per heavy atom. The van der Waals surface area contributed by atoms with Crippen molar-refractivity contribution in [2.75, 3.05) is 6.54 Å². The number of piperidine rings is 1. The van der Waals surface area contributed by atoms with Crippen LogP contribution in [-0.2, 0) is 9.59 Å². The molecule has 5 heteroatoms. The number of hydrogen-bond donors (Lipinski definition) is 0. The number of alkyl halides is 2. The van der Waals surface area contributed by atoms with Crippen molar-refractivity contribution in [2.24, 2.45) is 11.8 Å². The van der Waals surface area contributed by atoms with Crippen molar-refractivity contribution in [2.45, 2.75) is 25.8 Å². The Morgan fingerprint density at radius 1 is 1.36 bits per heavy atom. The maximum Gasteiger partial charge on any atom is 0.258 e. The second-order valence-corrected chi connectivity index (χ2v) is 4.03. The Labute approximate surface area is 80.1 Å². The predicted octanol–water partition coefficient (Wildman–Crippen LogP) is 0.687. The van der Waals surface area contributed by atoms with Crippen LogP contribution in [0, 0.1) is 11.8 Å². The van der Waals surface area contributed by atoms with E-state index < -0.39 is 23.8 Å². The average Bonchev–Trinajstić information content (AvgIpc) is 2.47. The summed E-state index contributed by atoms with van der Waals surface area (Å²) in [5.41, 5.74) is 0. The number of fused-ring (bicyclic) bond motifs is 1. The van der Waals surface area contributed by atoms with Crippen LogP contribution in [-0.4, -0.2) is 35.1 Å². The van der Waals surface area contributed by atoms with E-state index in [1.807, 2.05) is 0 Å². The van der Waals surface area contributed by atoms with Crippen molar-refractivity contribution < 1.29 is 18.4 Å². The molecule has 1 heterocycles. The van der Waals surface area contributed by atoms with Crippen LogP contribution >= 0.6 is 0 Å². The fourth-order valence-corrected chi connectivity index (χ4v) is 2.40. The van der Waals surface area contributed by atoms with E-state index in [4.69, 9.17) is 0 Å². The van der Waals surface area contributed by atoms with Gasteiger partial charge in [0.1, 0.15) is 0 Å². The van der Waals surface area contributed by atoms with Gasteiger partial charge in [0.2, 0.25) is 5.91 Å². The van der Waals surface area contributed by atoms with Crippen molar-refractivity contribution in [3.8, 4) is 0 Å². The molecular weight excluding hydrogens is 192 g/mol. The van der Waals surface area contributed by atoms with Gasteiger partial charge in [-0.2, -0.15) is 0 Å². The molecule has 0 spiro atoms. The first-order valence-corrected chi connectivity index (χ1v) is 4.53. The summed E-state index contributed by atoms with van der Waals surface area (Å²) in [6, 6.07) is -0.896. The fraction of sp³-hybridized carbons (Fsp3) is 0.778. The number of likely N-dealkylation sites (tertiary alicyclic amines) is 1. The van der Waals surface area contributed by atoms with Gasteiger partial charge in [0.05, 0.1) is 17.9 Å². The SMILES string of the molecule is CC(=O)C1[C@H]2[C@@H](CN1C(C)=O)C2(F)F. The Hall–Kier alpha value is -1.00. The summed E-state index contributed by atoms with van der Waals surface area (Å²) in [6.45, 7) is 2.59. The highest BCUT2D eigenvalue weighted by Gasteiger charge is 2.76. The molecule has 14 heavy (non-hydrogen) atoms. The number of amides is 1. The van der Waals surface area contributed by atoms with Crippen LogP contribution in [0.25, 0.3) is 0 Å². The first kappa shape index (κ1) is 9.55. The van der Waals surface area contributed by atoms with Gasteiger partial charge >= 0.3 is 0 Å². The molecule has 1 amide bonds. The van der Waals surface area contributed by atoms with Gasteiger partial charge in [-0.3, -0.25) is 9.59 Å². The lowest BCUT2D eigenvalue weighted by Crippen LogP contribution is -2.44. The summed E-state index contributed by atoms with van der Waals surface area (Å²) in [5.74, 6) is -5.09. The van der Waals surface area contributed by atoms with E-state index in [1.54, 1.807) is 0 Å². The van der Waals surface area contributed by atoms with E-state index in [2.05, 4.69) is 0 Å². The second-order valence-electron chi connectivity index (χ2n) is 4.03. The molecule has 1 unspecified atom stereocenters. The molecule has 3 atom stereocenters. The van der Waals surface area contributed by atoms with Crippen LogP contribution < -0.4 is 0 Å². The quantitative estimate of drug-likeness (QED) is 0.628. The monoisotopic (exact) mass is 203 g/mol. The summed E-state index contributed by atoms with van der Waals surface area (Å²) >= 11 is 0. The lowest BCUT2D eigenvalue weighted by molar-refractivity contribution is -0.138. The minimum Gasteiger partial charge on any atom is -0.332 e. The number of ketones is 1. The van der Waals surface area contributed by atoms with Crippen LogP contribution in [0.4, 0.5) is 8.78 Å². The molecule has 2 aliphatic rings. The van der Waals surface area contributed by atoms with E-state index in [9.17, 15) is 18.4 Å². The molecule has 2 rings (SSSR count).